The van der Waals surface area contributed by atoms with Crippen LogP contribution in [0.15, 0.2) is 162 Å². The van der Waals surface area contributed by atoms with Crippen LogP contribution < -0.4 is 4.90 Å². The summed E-state index contributed by atoms with van der Waals surface area (Å²) in [4.78, 5) is 13.6. The second kappa shape index (κ2) is 13.6. The Morgan fingerprint density at radius 1 is 0.644 bits per heavy atom. The zero-order valence-electron chi connectivity index (χ0n) is 24.8. The highest BCUT2D eigenvalue weighted by Crippen LogP contribution is 2.37. The number of hydrogen-bond acceptors (Lipinski definition) is 3. The quantitative estimate of drug-likeness (QED) is 0.146. The van der Waals surface area contributed by atoms with Gasteiger partial charge in [0, 0.05) is 17.1 Å². The van der Waals surface area contributed by atoms with Crippen molar-refractivity contribution in [1.29, 1.82) is 5.26 Å². The van der Waals surface area contributed by atoms with Crippen molar-refractivity contribution in [2.45, 2.75) is 19.3 Å². The fourth-order valence-electron chi connectivity index (χ4n) is 5.68. The van der Waals surface area contributed by atoms with E-state index in [4.69, 9.17) is 5.26 Å². The van der Waals surface area contributed by atoms with Gasteiger partial charge in [-0.2, -0.15) is 5.26 Å². The average Bonchev–Trinajstić information content (AvgIpc) is 3.09. The Hall–Kier alpha value is -5.92. The highest BCUT2D eigenvalue weighted by molar-refractivity contribution is 5.91. The summed E-state index contributed by atoms with van der Waals surface area (Å²) in [7, 11) is 0. The molecule has 218 valence electrons. The standard InChI is InChI=1S/C41H32N2O2/c42-29-37(41(44)45)28-32-9-7-8-31(27-32)26-30-14-20-38(21-15-30)43(39-22-16-35(17-23-39)33-10-3-1-4-11-33)40-24-18-36(19-25-40)34-12-5-2-6-13-34/h1-6,10-28H,7-9H2,(H,44,45)/b31-26+,37-28+. The molecule has 0 atom stereocenters. The molecule has 4 nitrogen and oxygen atoms in total. The predicted octanol–water partition coefficient (Wildman–Crippen LogP) is 10.5. The maximum Gasteiger partial charge on any atom is 0.346 e. The van der Waals surface area contributed by atoms with Crippen molar-refractivity contribution in [2.75, 3.05) is 4.90 Å². The number of anilines is 3. The average molecular weight is 585 g/mol. The van der Waals surface area contributed by atoms with E-state index in [2.05, 4.69) is 132 Å². The zero-order chi connectivity index (χ0) is 31.0. The minimum absolute atomic E-state index is 0.236. The van der Waals surface area contributed by atoms with Gasteiger partial charge in [-0.15, -0.1) is 0 Å². The topological polar surface area (TPSA) is 64.3 Å². The number of carboxylic acids is 1. The van der Waals surface area contributed by atoms with Gasteiger partial charge in [-0.05, 0) is 101 Å². The van der Waals surface area contributed by atoms with Crippen molar-refractivity contribution in [1.82, 2.24) is 0 Å². The highest BCUT2D eigenvalue weighted by atomic mass is 16.4. The molecule has 4 heteroatoms. The Labute approximate surface area is 264 Å². The van der Waals surface area contributed by atoms with Gasteiger partial charge in [-0.3, -0.25) is 0 Å². The van der Waals surface area contributed by atoms with Gasteiger partial charge in [0.15, 0.2) is 0 Å². The van der Waals surface area contributed by atoms with Crippen LogP contribution in [0, 0.1) is 11.3 Å². The van der Waals surface area contributed by atoms with Crippen molar-refractivity contribution >= 4 is 29.1 Å². The molecule has 45 heavy (non-hydrogen) atoms. The summed E-state index contributed by atoms with van der Waals surface area (Å²) in [5.41, 5.74) is 10.7. The third kappa shape index (κ3) is 7.01. The van der Waals surface area contributed by atoms with Crippen LogP contribution in [-0.4, -0.2) is 11.1 Å². The molecule has 5 aromatic rings. The van der Waals surface area contributed by atoms with E-state index in [1.54, 1.807) is 6.07 Å². The third-order valence-corrected chi connectivity index (χ3v) is 7.95. The lowest BCUT2D eigenvalue weighted by Crippen LogP contribution is -2.09. The number of rotatable bonds is 8. The Bertz CT molecular complexity index is 1830. The smallest absolute Gasteiger partial charge is 0.346 e. The number of nitriles is 1. The van der Waals surface area contributed by atoms with Gasteiger partial charge in [-0.1, -0.05) is 109 Å². The van der Waals surface area contributed by atoms with Crippen molar-refractivity contribution in [3.8, 4) is 28.3 Å². The molecule has 0 aromatic heterocycles. The van der Waals surface area contributed by atoms with E-state index in [0.717, 1.165) is 53.0 Å². The second-order valence-corrected chi connectivity index (χ2v) is 11.0. The Morgan fingerprint density at radius 2 is 1.11 bits per heavy atom. The molecule has 5 aromatic carbocycles. The Balaban J connectivity index is 1.32. The van der Waals surface area contributed by atoms with Crippen LogP contribution in [0.2, 0.25) is 0 Å². The van der Waals surface area contributed by atoms with Crippen LogP contribution in [0.4, 0.5) is 17.1 Å². The molecular weight excluding hydrogens is 552 g/mol. The van der Waals surface area contributed by atoms with E-state index in [9.17, 15) is 9.90 Å². The van der Waals surface area contributed by atoms with Crippen LogP contribution in [0.25, 0.3) is 28.3 Å². The Morgan fingerprint density at radius 3 is 1.58 bits per heavy atom. The fraction of sp³-hybridized carbons (Fsp3) is 0.0732. The Kier molecular flexibility index (Phi) is 8.80. The molecule has 1 aliphatic carbocycles. The summed E-state index contributed by atoms with van der Waals surface area (Å²) >= 11 is 0. The molecule has 0 amide bonds. The van der Waals surface area contributed by atoms with Gasteiger partial charge in [0.05, 0.1) is 0 Å². The van der Waals surface area contributed by atoms with Crippen molar-refractivity contribution < 1.29 is 9.90 Å². The molecule has 0 fully saturated rings. The number of benzene rings is 5. The second-order valence-electron chi connectivity index (χ2n) is 11.0. The summed E-state index contributed by atoms with van der Waals surface area (Å²) in [6, 6.07) is 48.4. The molecule has 0 radical (unpaired) electrons. The van der Waals surface area contributed by atoms with E-state index in [1.807, 2.05) is 18.2 Å². The molecular formula is C41H32N2O2. The number of hydrogen-bond donors (Lipinski definition) is 1. The monoisotopic (exact) mass is 584 g/mol. The first-order chi connectivity index (χ1) is 22.1. The molecule has 0 unspecified atom stereocenters. The van der Waals surface area contributed by atoms with Gasteiger partial charge in [0.2, 0.25) is 0 Å². The van der Waals surface area contributed by atoms with Crippen molar-refractivity contribution in [3.05, 3.63) is 168 Å². The van der Waals surface area contributed by atoms with Gasteiger partial charge >= 0.3 is 5.97 Å². The minimum atomic E-state index is -1.20. The molecule has 1 N–H and O–H groups in total. The maximum atomic E-state index is 11.3. The number of aliphatic carboxylic acids is 1. The molecule has 0 heterocycles. The number of allylic oxidation sites excluding steroid dienone is 4. The molecule has 6 rings (SSSR count). The first-order valence-corrected chi connectivity index (χ1v) is 15.0. The molecule has 0 saturated heterocycles. The molecule has 0 aliphatic heterocycles. The number of carboxylic acid groups (broad SMARTS) is 1. The first-order valence-electron chi connectivity index (χ1n) is 15.0. The van der Waals surface area contributed by atoms with Gasteiger partial charge in [0.1, 0.15) is 11.6 Å². The zero-order valence-corrected chi connectivity index (χ0v) is 24.8. The molecule has 0 saturated carbocycles. The van der Waals surface area contributed by atoms with Crippen molar-refractivity contribution in [3.63, 3.8) is 0 Å². The first kappa shape index (κ1) is 29.2. The predicted molar refractivity (Wildman–Crippen MR) is 183 cm³/mol. The van der Waals surface area contributed by atoms with Crippen LogP contribution in [0.1, 0.15) is 24.8 Å². The number of carbonyl (C=O) groups is 1. The van der Waals surface area contributed by atoms with Crippen LogP contribution in [0.5, 0.6) is 0 Å². The fourth-order valence-corrected chi connectivity index (χ4v) is 5.68. The summed E-state index contributed by atoms with van der Waals surface area (Å²) in [6.45, 7) is 0. The van der Waals surface area contributed by atoms with Crippen LogP contribution >= 0.6 is 0 Å². The summed E-state index contributed by atoms with van der Waals surface area (Å²) in [5.74, 6) is -1.20. The van der Waals surface area contributed by atoms with Crippen LogP contribution in [-0.2, 0) is 4.79 Å². The van der Waals surface area contributed by atoms with Gasteiger partial charge in [-0.25, -0.2) is 4.79 Å². The van der Waals surface area contributed by atoms with E-state index in [-0.39, 0.29) is 5.57 Å². The van der Waals surface area contributed by atoms with Crippen LogP contribution in [0.3, 0.4) is 0 Å². The normalized spacial score (nSPS) is 14.0. The maximum absolute atomic E-state index is 11.3. The molecule has 1 aliphatic rings. The summed E-state index contributed by atoms with van der Waals surface area (Å²) < 4.78 is 0. The lowest BCUT2D eigenvalue weighted by atomic mass is 9.92. The van der Waals surface area contributed by atoms with Gasteiger partial charge in [0.25, 0.3) is 0 Å². The van der Waals surface area contributed by atoms with Crippen molar-refractivity contribution in [2.24, 2.45) is 0 Å². The van der Waals surface area contributed by atoms with E-state index >= 15 is 0 Å². The SMILES string of the molecule is N#C/C(=C\C1=CC(=C/c2ccc(N(c3ccc(-c4ccccc4)cc3)c3ccc(-c4ccccc4)cc3)cc2)/CCC1)C(=O)O. The minimum Gasteiger partial charge on any atom is -0.477 e. The number of nitrogens with zero attached hydrogens (tertiary/aromatic N) is 2. The van der Waals surface area contributed by atoms with E-state index in [1.165, 1.54) is 28.3 Å². The largest absolute Gasteiger partial charge is 0.477 e. The van der Waals surface area contributed by atoms with E-state index in [0.29, 0.717) is 0 Å². The lowest BCUT2D eigenvalue weighted by molar-refractivity contribution is -0.132. The van der Waals surface area contributed by atoms with E-state index < -0.39 is 5.97 Å². The van der Waals surface area contributed by atoms with Gasteiger partial charge < -0.3 is 10.0 Å². The molecule has 0 bridgehead atoms. The summed E-state index contributed by atoms with van der Waals surface area (Å²) in [5, 5.41) is 18.4. The lowest BCUT2D eigenvalue weighted by Gasteiger charge is -2.26. The molecule has 0 spiro atoms. The third-order valence-electron chi connectivity index (χ3n) is 7.95. The summed E-state index contributed by atoms with van der Waals surface area (Å²) in [6.07, 6.45) is 8.21. The highest BCUT2D eigenvalue weighted by Gasteiger charge is 2.14.